The van der Waals surface area contributed by atoms with Gasteiger partial charge in [-0.25, -0.2) is 0 Å². The summed E-state index contributed by atoms with van der Waals surface area (Å²) in [7, 11) is 1.42. The largest absolute Gasteiger partial charge is 0.430 e. The van der Waals surface area contributed by atoms with Crippen molar-refractivity contribution in [3.63, 3.8) is 0 Å². The molecule has 14 heteroatoms. The SMILES string of the molecule is CN(CCCC(F)(F)F)C(=O)c1ccc(NC2CN(C3CCN(C(=O)[C@](O)(c4ccccc4)C(F)(F)F)CC3)C2)cc1Cl. The number of nitrogens with one attached hydrogen (secondary N) is 1. The summed E-state index contributed by atoms with van der Waals surface area (Å²) in [6.45, 7) is 1.40. The minimum absolute atomic E-state index is 0.0516. The Kier molecular flexibility index (Phi) is 9.87. The number of carbonyl (C=O) groups is 2. The van der Waals surface area contributed by atoms with E-state index in [-0.39, 0.29) is 48.7 Å². The molecule has 1 atom stereocenters. The van der Waals surface area contributed by atoms with Gasteiger partial charge in [0.25, 0.3) is 17.4 Å². The molecule has 2 fully saturated rings. The smallest absolute Gasteiger partial charge is 0.380 e. The van der Waals surface area contributed by atoms with E-state index in [4.69, 9.17) is 11.6 Å². The van der Waals surface area contributed by atoms with Crippen LogP contribution in [-0.4, -0.2) is 95.8 Å². The number of benzene rings is 2. The van der Waals surface area contributed by atoms with E-state index in [9.17, 15) is 41.0 Å². The second-order valence-electron chi connectivity index (χ2n) is 11.0. The number of alkyl halides is 6. The van der Waals surface area contributed by atoms with Crippen molar-refractivity contribution in [3.05, 3.63) is 64.7 Å². The van der Waals surface area contributed by atoms with E-state index < -0.39 is 41.8 Å². The Morgan fingerprint density at radius 1 is 1.02 bits per heavy atom. The van der Waals surface area contributed by atoms with Crippen molar-refractivity contribution >= 4 is 29.1 Å². The fourth-order valence-electron chi connectivity index (χ4n) is 5.49. The van der Waals surface area contributed by atoms with Gasteiger partial charge in [0.15, 0.2) is 0 Å². The maximum atomic E-state index is 13.9. The molecule has 0 aromatic heterocycles. The Hall–Kier alpha value is -3.03. The lowest BCUT2D eigenvalue weighted by molar-refractivity contribution is -0.262. The first-order valence-electron chi connectivity index (χ1n) is 13.9. The summed E-state index contributed by atoms with van der Waals surface area (Å²) < 4.78 is 78.9. The van der Waals surface area contributed by atoms with E-state index in [1.807, 2.05) is 0 Å². The molecule has 0 aliphatic carbocycles. The van der Waals surface area contributed by atoms with Crippen LogP contribution in [0.2, 0.25) is 5.02 Å². The molecule has 0 saturated carbocycles. The van der Waals surface area contributed by atoms with Gasteiger partial charge in [0.05, 0.1) is 16.6 Å². The predicted molar refractivity (Wildman–Crippen MR) is 149 cm³/mol. The number of rotatable bonds is 9. The van der Waals surface area contributed by atoms with Crippen LogP contribution in [0.5, 0.6) is 0 Å². The van der Waals surface area contributed by atoms with Gasteiger partial charge in [-0.05, 0) is 37.5 Å². The number of likely N-dealkylation sites (tertiary alicyclic amines) is 2. The van der Waals surface area contributed by atoms with Gasteiger partial charge >= 0.3 is 12.4 Å². The number of aliphatic hydroxyl groups is 1. The fraction of sp³-hybridized carbons (Fsp3) is 0.517. The number of anilines is 1. The normalized spacial score (nSPS) is 18.6. The summed E-state index contributed by atoms with van der Waals surface area (Å²) >= 11 is 6.31. The first-order valence-corrected chi connectivity index (χ1v) is 14.2. The Morgan fingerprint density at radius 3 is 2.21 bits per heavy atom. The van der Waals surface area contributed by atoms with Crippen molar-refractivity contribution in [3.8, 4) is 0 Å². The van der Waals surface area contributed by atoms with Crippen molar-refractivity contribution in [1.29, 1.82) is 0 Å². The fourth-order valence-corrected chi connectivity index (χ4v) is 5.75. The molecule has 236 valence electrons. The Labute approximate surface area is 250 Å². The molecule has 0 spiro atoms. The van der Waals surface area contributed by atoms with Gasteiger partial charge < -0.3 is 20.2 Å². The summed E-state index contributed by atoms with van der Waals surface area (Å²) in [4.78, 5) is 30.0. The zero-order valence-corrected chi connectivity index (χ0v) is 24.1. The van der Waals surface area contributed by atoms with Crippen molar-refractivity contribution in [2.45, 2.75) is 55.7 Å². The van der Waals surface area contributed by atoms with Gasteiger partial charge in [-0.2, -0.15) is 26.3 Å². The van der Waals surface area contributed by atoms with Crippen molar-refractivity contribution in [2.24, 2.45) is 0 Å². The number of halogens is 7. The second-order valence-corrected chi connectivity index (χ2v) is 11.4. The monoisotopic (exact) mass is 634 g/mol. The molecular formula is C29H33ClF6N4O3. The van der Waals surface area contributed by atoms with Gasteiger partial charge in [-0.1, -0.05) is 41.9 Å². The number of carbonyl (C=O) groups excluding carboxylic acids is 2. The Balaban J connectivity index is 1.25. The van der Waals surface area contributed by atoms with Crippen LogP contribution in [0.25, 0.3) is 0 Å². The molecule has 2 aliphatic rings. The van der Waals surface area contributed by atoms with Crippen LogP contribution >= 0.6 is 11.6 Å². The molecule has 2 aromatic carbocycles. The van der Waals surface area contributed by atoms with Crippen molar-refractivity contribution in [2.75, 3.05) is 45.1 Å². The molecule has 2 amide bonds. The predicted octanol–water partition coefficient (Wildman–Crippen LogP) is 5.29. The van der Waals surface area contributed by atoms with Gasteiger partial charge in [0.1, 0.15) is 0 Å². The highest BCUT2D eigenvalue weighted by Crippen LogP contribution is 2.41. The summed E-state index contributed by atoms with van der Waals surface area (Å²) in [5.41, 5.74) is -3.28. The topological polar surface area (TPSA) is 76.1 Å². The number of piperidine rings is 1. The highest BCUT2D eigenvalue weighted by Gasteiger charge is 2.62. The lowest BCUT2D eigenvalue weighted by Gasteiger charge is -2.48. The van der Waals surface area contributed by atoms with Gasteiger partial charge in [0.2, 0.25) is 0 Å². The molecule has 2 heterocycles. The van der Waals surface area contributed by atoms with Crippen LogP contribution in [-0.2, 0) is 10.4 Å². The van der Waals surface area contributed by atoms with E-state index in [0.29, 0.717) is 31.6 Å². The molecule has 7 nitrogen and oxygen atoms in total. The van der Waals surface area contributed by atoms with Gasteiger partial charge in [0, 0.05) is 63.5 Å². The molecule has 2 aliphatic heterocycles. The summed E-state index contributed by atoms with van der Waals surface area (Å²) in [6, 6.07) is 11.3. The van der Waals surface area contributed by atoms with Crippen LogP contribution in [0.4, 0.5) is 32.0 Å². The first kappa shape index (κ1) is 32.9. The maximum absolute atomic E-state index is 13.9. The highest BCUT2D eigenvalue weighted by molar-refractivity contribution is 6.34. The molecule has 0 unspecified atom stereocenters. The van der Waals surface area contributed by atoms with Crippen molar-refractivity contribution < 1.29 is 41.0 Å². The third-order valence-corrected chi connectivity index (χ3v) is 8.27. The molecule has 43 heavy (non-hydrogen) atoms. The van der Waals surface area contributed by atoms with Crippen LogP contribution in [0, 0.1) is 0 Å². The zero-order chi connectivity index (χ0) is 31.6. The number of hydrogen-bond donors (Lipinski definition) is 2. The van der Waals surface area contributed by atoms with Crippen LogP contribution in [0.1, 0.15) is 41.6 Å². The Bertz CT molecular complexity index is 1280. The molecule has 2 N–H and O–H groups in total. The minimum atomic E-state index is -5.18. The quantitative estimate of drug-likeness (QED) is 0.367. The lowest BCUT2D eigenvalue weighted by Crippen LogP contribution is -2.62. The second kappa shape index (κ2) is 12.9. The standard InChI is InChI=1S/C29H33ClF6N4O3/c1-38(13-5-12-27(31,32)33)25(41)23-9-8-20(16-24(23)30)37-21-17-40(18-21)22-10-14-39(15-11-22)26(42)28(43,29(34,35)36)19-6-3-2-4-7-19/h2-4,6-9,16,21-22,37,43H,5,10-15,17-18H2,1H3/t28-/m1/s1. The highest BCUT2D eigenvalue weighted by atomic mass is 35.5. The summed E-state index contributed by atoms with van der Waals surface area (Å²) in [6.07, 6.45) is -9.73. The molecule has 2 aromatic rings. The summed E-state index contributed by atoms with van der Waals surface area (Å²) in [5.74, 6) is -1.85. The molecule has 4 rings (SSSR count). The third kappa shape index (κ3) is 7.55. The van der Waals surface area contributed by atoms with E-state index in [2.05, 4.69) is 10.2 Å². The van der Waals surface area contributed by atoms with Gasteiger partial charge in [-0.15, -0.1) is 0 Å². The van der Waals surface area contributed by atoms with E-state index in [0.717, 1.165) is 17.0 Å². The number of nitrogens with zero attached hydrogens (tertiary/aromatic N) is 3. The zero-order valence-electron chi connectivity index (χ0n) is 23.4. The minimum Gasteiger partial charge on any atom is -0.380 e. The maximum Gasteiger partial charge on any atom is 0.430 e. The molecule has 2 saturated heterocycles. The lowest BCUT2D eigenvalue weighted by atomic mass is 9.89. The number of hydrogen-bond acceptors (Lipinski definition) is 5. The number of amides is 2. The molecule has 0 bridgehead atoms. The van der Waals surface area contributed by atoms with Crippen molar-refractivity contribution in [1.82, 2.24) is 14.7 Å². The molecular weight excluding hydrogens is 602 g/mol. The third-order valence-electron chi connectivity index (χ3n) is 7.96. The molecule has 0 radical (unpaired) electrons. The van der Waals surface area contributed by atoms with Crippen LogP contribution in [0.15, 0.2) is 48.5 Å². The Morgan fingerprint density at radius 2 is 1.65 bits per heavy atom. The summed E-state index contributed by atoms with van der Waals surface area (Å²) in [5, 5.41) is 14.1. The van der Waals surface area contributed by atoms with E-state index >= 15 is 0 Å². The van der Waals surface area contributed by atoms with E-state index in [1.165, 1.54) is 36.2 Å². The van der Waals surface area contributed by atoms with E-state index in [1.54, 1.807) is 12.1 Å². The van der Waals surface area contributed by atoms with Crippen LogP contribution < -0.4 is 5.32 Å². The average Bonchev–Trinajstić information content (AvgIpc) is 2.93. The average molecular weight is 635 g/mol. The first-order chi connectivity index (χ1) is 20.1. The van der Waals surface area contributed by atoms with Gasteiger partial charge in [-0.3, -0.25) is 14.5 Å². The van der Waals surface area contributed by atoms with Crippen LogP contribution in [0.3, 0.4) is 0 Å².